The van der Waals surface area contributed by atoms with E-state index in [1.165, 1.54) is 51.0 Å². The molecule has 0 N–H and O–H groups in total. The fourth-order valence-electron chi connectivity index (χ4n) is 3.39. The summed E-state index contributed by atoms with van der Waals surface area (Å²) in [4.78, 5) is 0. The van der Waals surface area contributed by atoms with Crippen molar-refractivity contribution in [3.8, 4) is 0 Å². The molecule has 1 saturated carbocycles. The Morgan fingerprint density at radius 3 is 2.25 bits per heavy atom. The molecule has 1 aliphatic rings. The first-order valence-corrected chi connectivity index (χ1v) is 8.13. The second kappa shape index (κ2) is 7.75. The van der Waals surface area contributed by atoms with Crippen molar-refractivity contribution in [3.63, 3.8) is 0 Å². The largest absolute Gasteiger partial charge is 0.207 e. The van der Waals surface area contributed by atoms with E-state index < -0.39 is 5.82 Å². The molecule has 0 spiro atoms. The first-order chi connectivity index (χ1) is 9.69. The van der Waals surface area contributed by atoms with Crippen LogP contribution in [0, 0.1) is 23.5 Å². The number of aryl methyl sites for hydroxylation is 1. The van der Waals surface area contributed by atoms with Crippen LogP contribution in [0.4, 0.5) is 8.78 Å². The normalized spacial score (nSPS) is 22.9. The molecule has 2 heteroatoms. The second-order valence-electron chi connectivity index (χ2n) is 6.30. The van der Waals surface area contributed by atoms with Crippen molar-refractivity contribution in [3.05, 3.63) is 35.4 Å². The van der Waals surface area contributed by atoms with Crippen molar-refractivity contribution < 1.29 is 8.78 Å². The zero-order chi connectivity index (χ0) is 14.4. The van der Waals surface area contributed by atoms with Crippen molar-refractivity contribution in [2.24, 2.45) is 11.8 Å². The SMILES string of the molecule is CCCCC1CCC(CCc2ccc(F)cc2F)CC1. The van der Waals surface area contributed by atoms with E-state index in [4.69, 9.17) is 0 Å². The molecule has 1 aromatic rings. The molecule has 0 amide bonds. The van der Waals surface area contributed by atoms with Crippen LogP contribution in [-0.4, -0.2) is 0 Å². The number of unbranched alkanes of at least 4 members (excludes halogenated alkanes) is 1. The maximum atomic E-state index is 13.6. The van der Waals surface area contributed by atoms with Crippen molar-refractivity contribution >= 4 is 0 Å². The summed E-state index contributed by atoms with van der Waals surface area (Å²) in [5, 5.41) is 0. The van der Waals surface area contributed by atoms with E-state index in [0.717, 1.165) is 30.7 Å². The molecular weight excluding hydrogens is 254 g/mol. The topological polar surface area (TPSA) is 0 Å². The molecule has 0 aromatic heterocycles. The minimum absolute atomic E-state index is 0.387. The number of hydrogen-bond donors (Lipinski definition) is 0. The molecule has 0 nitrogen and oxygen atoms in total. The molecule has 2 rings (SSSR count). The molecule has 0 unspecified atom stereocenters. The predicted octanol–water partition coefficient (Wildman–Crippen LogP) is 5.89. The van der Waals surface area contributed by atoms with Crippen LogP contribution in [0.2, 0.25) is 0 Å². The fraction of sp³-hybridized carbons (Fsp3) is 0.667. The fourth-order valence-corrected chi connectivity index (χ4v) is 3.39. The van der Waals surface area contributed by atoms with Crippen LogP contribution in [0.15, 0.2) is 18.2 Å². The molecule has 0 aliphatic heterocycles. The molecule has 0 heterocycles. The molecule has 1 fully saturated rings. The number of benzene rings is 1. The van der Waals surface area contributed by atoms with Gasteiger partial charge in [-0.2, -0.15) is 0 Å². The van der Waals surface area contributed by atoms with Crippen LogP contribution in [0.1, 0.15) is 63.9 Å². The predicted molar refractivity (Wildman–Crippen MR) is 79.7 cm³/mol. The van der Waals surface area contributed by atoms with Crippen LogP contribution < -0.4 is 0 Å². The van der Waals surface area contributed by atoms with Gasteiger partial charge >= 0.3 is 0 Å². The highest BCUT2D eigenvalue weighted by atomic mass is 19.1. The Hall–Kier alpha value is -0.920. The molecule has 112 valence electrons. The van der Waals surface area contributed by atoms with E-state index in [-0.39, 0.29) is 5.82 Å². The lowest BCUT2D eigenvalue weighted by Gasteiger charge is -2.28. The van der Waals surface area contributed by atoms with Gasteiger partial charge in [-0.1, -0.05) is 57.9 Å². The minimum atomic E-state index is -0.484. The Labute approximate surface area is 121 Å². The van der Waals surface area contributed by atoms with Gasteiger partial charge in [-0.25, -0.2) is 8.78 Å². The number of halogens is 2. The van der Waals surface area contributed by atoms with Gasteiger partial charge in [-0.3, -0.25) is 0 Å². The Balaban J connectivity index is 1.73. The van der Waals surface area contributed by atoms with Crippen LogP contribution >= 0.6 is 0 Å². The molecule has 0 saturated heterocycles. The van der Waals surface area contributed by atoms with Crippen molar-refractivity contribution in [1.82, 2.24) is 0 Å². The van der Waals surface area contributed by atoms with E-state index in [9.17, 15) is 8.78 Å². The molecule has 1 aromatic carbocycles. The van der Waals surface area contributed by atoms with Crippen LogP contribution in [-0.2, 0) is 6.42 Å². The monoisotopic (exact) mass is 280 g/mol. The van der Waals surface area contributed by atoms with E-state index in [1.807, 2.05) is 0 Å². The summed E-state index contributed by atoms with van der Waals surface area (Å²) in [5.41, 5.74) is 0.666. The number of hydrogen-bond acceptors (Lipinski definition) is 0. The van der Waals surface area contributed by atoms with Gasteiger partial charge in [0.05, 0.1) is 0 Å². The van der Waals surface area contributed by atoms with Gasteiger partial charge in [0.15, 0.2) is 0 Å². The van der Waals surface area contributed by atoms with E-state index >= 15 is 0 Å². The van der Waals surface area contributed by atoms with E-state index in [2.05, 4.69) is 6.92 Å². The quantitative estimate of drug-likeness (QED) is 0.609. The van der Waals surface area contributed by atoms with E-state index in [0.29, 0.717) is 5.56 Å². The molecule has 0 bridgehead atoms. The average Bonchev–Trinajstić information content (AvgIpc) is 2.45. The Morgan fingerprint density at radius 1 is 1.00 bits per heavy atom. The summed E-state index contributed by atoms with van der Waals surface area (Å²) in [6.07, 6.45) is 11.1. The Kier molecular flexibility index (Phi) is 6.00. The summed E-state index contributed by atoms with van der Waals surface area (Å²) in [6.45, 7) is 2.25. The third kappa shape index (κ3) is 4.57. The highest BCUT2D eigenvalue weighted by molar-refractivity contribution is 5.18. The van der Waals surface area contributed by atoms with Crippen molar-refractivity contribution in [1.29, 1.82) is 0 Å². The van der Waals surface area contributed by atoms with E-state index in [1.54, 1.807) is 6.07 Å². The lowest BCUT2D eigenvalue weighted by atomic mass is 9.78. The van der Waals surface area contributed by atoms with Gasteiger partial charge in [0, 0.05) is 6.07 Å². The molecular formula is C18H26F2. The second-order valence-corrected chi connectivity index (χ2v) is 6.30. The summed E-state index contributed by atoms with van der Waals surface area (Å²) < 4.78 is 26.4. The Bertz CT molecular complexity index is 406. The third-order valence-electron chi connectivity index (χ3n) is 4.77. The molecule has 1 aliphatic carbocycles. The summed E-state index contributed by atoms with van der Waals surface area (Å²) in [6, 6.07) is 3.95. The highest BCUT2D eigenvalue weighted by Crippen LogP contribution is 2.34. The van der Waals surface area contributed by atoms with Gasteiger partial charge in [0.1, 0.15) is 11.6 Å². The summed E-state index contributed by atoms with van der Waals surface area (Å²) >= 11 is 0. The minimum Gasteiger partial charge on any atom is -0.207 e. The maximum Gasteiger partial charge on any atom is 0.129 e. The average molecular weight is 280 g/mol. The van der Waals surface area contributed by atoms with Crippen LogP contribution in [0.5, 0.6) is 0 Å². The van der Waals surface area contributed by atoms with Gasteiger partial charge in [-0.05, 0) is 36.3 Å². The number of rotatable bonds is 6. The van der Waals surface area contributed by atoms with Gasteiger partial charge in [0.25, 0.3) is 0 Å². The van der Waals surface area contributed by atoms with Gasteiger partial charge in [0.2, 0.25) is 0 Å². The molecule has 0 atom stereocenters. The van der Waals surface area contributed by atoms with Crippen LogP contribution in [0.25, 0.3) is 0 Å². The van der Waals surface area contributed by atoms with Crippen LogP contribution in [0.3, 0.4) is 0 Å². The van der Waals surface area contributed by atoms with Crippen molar-refractivity contribution in [2.45, 2.75) is 64.7 Å². The maximum absolute atomic E-state index is 13.6. The molecule has 20 heavy (non-hydrogen) atoms. The zero-order valence-electron chi connectivity index (χ0n) is 12.5. The van der Waals surface area contributed by atoms with Gasteiger partial charge < -0.3 is 0 Å². The third-order valence-corrected chi connectivity index (χ3v) is 4.77. The first kappa shape index (κ1) is 15.5. The Morgan fingerprint density at radius 2 is 1.65 bits per heavy atom. The lowest BCUT2D eigenvalue weighted by molar-refractivity contribution is 0.249. The highest BCUT2D eigenvalue weighted by Gasteiger charge is 2.20. The summed E-state index contributed by atoms with van der Waals surface area (Å²) in [7, 11) is 0. The standard InChI is InChI=1S/C18H26F2/c1-2-3-4-14-5-7-15(8-6-14)9-10-16-11-12-17(19)13-18(16)20/h11-15H,2-10H2,1H3. The van der Waals surface area contributed by atoms with Crippen molar-refractivity contribution in [2.75, 3.05) is 0 Å². The first-order valence-electron chi connectivity index (χ1n) is 8.13. The zero-order valence-corrected chi connectivity index (χ0v) is 12.5. The van der Waals surface area contributed by atoms with Gasteiger partial charge in [-0.15, -0.1) is 0 Å². The molecule has 0 radical (unpaired) electrons. The smallest absolute Gasteiger partial charge is 0.129 e. The summed E-state index contributed by atoms with van der Waals surface area (Å²) in [5.74, 6) is 0.787. The lowest BCUT2D eigenvalue weighted by Crippen LogP contribution is -2.15.